The van der Waals surface area contributed by atoms with Crippen LogP contribution in [-0.4, -0.2) is 23.5 Å². The van der Waals surface area contributed by atoms with Crippen LogP contribution in [0.1, 0.15) is 78.9 Å². The van der Waals surface area contributed by atoms with Crippen molar-refractivity contribution in [1.29, 1.82) is 0 Å². The lowest BCUT2D eigenvalue weighted by Gasteiger charge is -2.32. The molecule has 0 N–H and O–H groups in total. The van der Waals surface area contributed by atoms with E-state index in [9.17, 15) is 19.2 Å². The minimum absolute atomic E-state index is 0.0506. The molecule has 0 aliphatic heterocycles. The van der Waals surface area contributed by atoms with Crippen LogP contribution in [0.2, 0.25) is 0 Å². The number of hydrogen-bond donors (Lipinski definition) is 0. The van der Waals surface area contributed by atoms with Gasteiger partial charge >= 0.3 is 11.9 Å². The highest BCUT2D eigenvalue weighted by Gasteiger charge is 2.41. The van der Waals surface area contributed by atoms with Crippen molar-refractivity contribution in [2.75, 3.05) is 0 Å². The number of esters is 2. The number of rotatable bonds is 4. The lowest BCUT2D eigenvalue weighted by molar-refractivity contribution is -0.132. The Morgan fingerprint density at radius 1 is 0.774 bits per heavy atom. The second-order valence-electron chi connectivity index (χ2n) is 8.13. The number of ether oxygens (including phenoxy) is 2. The van der Waals surface area contributed by atoms with E-state index in [4.69, 9.17) is 9.47 Å². The second-order valence-corrected chi connectivity index (χ2v) is 8.13. The lowest BCUT2D eigenvalue weighted by atomic mass is 9.70. The third-order valence-electron chi connectivity index (χ3n) is 5.99. The maximum atomic E-state index is 13.7. The van der Waals surface area contributed by atoms with E-state index in [1.807, 2.05) is 0 Å². The number of benzene rings is 2. The zero-order valence-corrected chi connectivity index (χ0v) is 17.6. The van der Waals surface area contributed by atoms with Gasteiger partial charge in [-0.05, 0) is 36.1 Å². The van der Waals surface area contributed by atoms with E-state index >= 15 is 0 Å². The van der Waals surface area contributed by atoms with Gasteiger partial charge in [0.05, 0.1) is 17.0 Å². The first-order valence-corrected chi connectivity index (χ1v) is 10.6. The topological polar surface area (TPSA) is 86.7 Å². The van der Waals surface area contributed by atoms with E-state index in [0.29, 0.717) is 11.1 Å². The van der Waals surface area contributed by atoms with Gasteiger partial charge in [0.1, 0.15) is 17.3 Å². The summed E-state index contributed by atoms with van der Waals surface area (Å²) in [5, 5.41) is 0. The Morgan fingerprint density at radius 2 is 1.26 bits per heavy atom. The highest BCUT2D eigenvalue weighted by molar-refractivity contribution is 6.18. The minimum Gasteiger partial charge on any atom is -0.426 e. The molecule has 4 rings (SSSR count). The van der Waals surface area contributed by atoms with Gasteiger partial charge in [0.25, 0.3) is 0 Å². The maximum Gasteiger partial charge on any atom is 0.308 e. The number of hydrogen-bond acceptors (Lipinski definition) is 6. The van der Waals surface area contributed by atoms with Gasteiger partial charge in [0, 0.05) is 19.8 Å². The van der Waals surface area contributed by atoms with Crippen LogP contribution in [0, 0.1) is 5.92 Å². The molecule has 0 atom stereocenters. The van der Waals surface area contributed by atoms with Crippen molar-refractivity contribution in [3.05, 3.63) is 58.7 Å². The van der Waals surface area contributed by atoms with Crippen LogP contribution in [0.5, 0.6) is 11.5 Å². The summed E-state index contributed by atoms with van der Waals surface area (Å²) >= 11 is 0. The SMILES string of the molecule is CC(=O)Oc1cccc2c1C(=O)c1c(OC(C)=O)cccc1C2C(=O)C1CCCCC1. The molecule has 2 aromatic rings. The third-order valence-corrected chi connectivity index (χ3v) is 5.99. The Morgan fingerprint density at radius 3 is 1.71 bits per heavy atom. The predicted octanol–water partition coefficient (Wildman–Crippen LogP) is 4.36. The summed E-state index contributed by atoms with van der Waals surface area (Å²) in [5.74, 6) is -2.05. The van der Waals surface area contributed by atoms with Crippen LogP contribution in [0.25, 0.3) is 0 Å². The zero-order valence-electron chi connectivity index (χ0n) is 17.6. The standard InChI is InChI=1S/C25H24O6/c1-14(26)30-19-12-6-10-17-21(24(28)16-8-4-3-5-9-16)18-11-7-13-20(31-15(2)27)23(18)25(29)22(17)19/h6-7,10-13,16,21H,3-5,8-9H2,1-2H3. The van der Waals surface area contributed by atoms with Gasteiger partial charge in [-0.1, -0.05) is 43.5 Å². The van der Waals surface area contributed by atoms with E-state index in [1.165, 1.54) is 13.8 Å². The summed E-state index contributed by atoms with van der Waals surface area (Å²) < 4.78 is 10.6. The summed E-state index contributed by atoms with van der Waals surface area (Å²) in [5.41, 5.74) is 1.43. The molecule has 2 aromatic carbocycles. The molecular weight excluding hydrogens is 396 g/mol. The van der Waals surface area contributed by atoms with Crippen molar-refractivity contribution in [1.82, 2.24) is 0 Å². The van der Waals surface area contributed by atoms with E-state index in [2.05, 4.69) is 0 Å². The Balaban J connectivity index is 1.93. The molecule has 0 saturated heterocycles. The molecule has 6 nitrogen and oxygen atoms in total. The third kappa shape index (κ3) is 3.90. The monoisotopic (exact) mass is 420 g/mol. The summed E-state index contributed by atoms with van der Waals surface area (Å²) in [6, 6.07) is 9.94. The average Bonchev–Trinajstić information content (AvgIpc) is 2.73. The Kier molecular flexibility index (Phi) is 5.72. The van der Waals surface area contributed by atoms with E-state index in [-0.39, 0.29) is 34.3 Å². The molecule has 2 aliphatic carbocycles. The lowest BCUT2D eigenvalue weighted by Crippen LogP contribution is -2.31. The highest BCUT2D eigenvalue weighted by atomic mass is 16.5. The molecule has 0 bridgehead atoms. The number of ketones is 2. The molecule has 6 heteroatoms. The second kappa shape index (κ2) is 8.46. The minimum atomic E-state index is -0.684. The molecule has 0 amide bonds. The molecule has 0 aromatic heterocycles. The molecule has 1 saturated carbocycles. The summed E-state index contributed by atoms with van der Waals surface area (Å²) in [4.78, 5) is 50.6. The first-order chi connectivity index (χ1) is 14.9. The van der Waals surface area contributed by atoms with Crippen molar-refractivity contribution < 1.29 is 28.7 Å². The molecule has 1 fully saturated rings. The van der Waals surface area contributed by atoms with Gasteiger partial charge in [-0.3, -0.25) is 19.2 Å². The van der Waals surface area contributed by atoms with Crippen molar-refractivity contribution in [3.63, 3.8) is 0 Å². The molecule has 160 valence electrons. The van der Waals surface area contributed by atoms with Crippen LogP contribution in [0.4, 0.5) is 0 Å². The van der Waals surface area contributed by atoms with E-state index in [0.717, 1.165) is 32.1 Å². The fourth-order valence-electron chi connectivity index (χ4n) is 4.76. The number of Topliss-reactive ketones (excluding diaryl/α,β-unsaturated/α-hetero) is 1. The van der Waals surface area contributed by atoms with E-state index in [1.54, 1.807) is 36.4 Å². The average molecular weight is 420 g/mol. The predicted molar refractivity (Wildman–Crippen MR) is 112 cm³/mol. The molecule has 0 heterocycles. The normalized spacial score (nSPS) is 16.3. The number of carbonyl (C=O) groups is 4. The van der Waals surface area contributed by atoms with Crippen LogP contribution >= 0.6 is 0 Å². The molecular formula is C25H24O6. The summed E-state index contributed by atoms with van der Waals surface area (Å²) in [6.07, 6.45) is 4.77. The van der Waals surface area contributed by atoms with Gasteiger partial charge in [-0.15, -0.1) is 0 Å². The van der Waals surface area contributed by atoms with Gasteiger partial charge in [-0.2, -0.15) is 0 Å². The van der Waals surface area contributed by atoms with Gasteiger partial charge in [0.15, 0.2) is 0 Å². The number of carbonyl (C=O) groups excluding carboxylic acids is 4. The van der Waals surface area contributed by atoms with Crippen LogP contribution in [-0.2, 0) is 14.4 Å². The van der Waals surface area contributed by atoms with Crippen LogP contribution in [0.15, 0.2) is 36.4 Å². The maximum absolute atomic E-state index is 13.7. The van der Waals surface area contributed by atoms with Gasteiger partial charge in [0.2, 0.25) is 5.78 Å². The largest absolute Gasteiger partial charge is 0.426 e. The Bertz CT molecular complexity index is 1010. The molecule has 0 spiro atoms. The summed E-state index contributed by atoms with van der Waals surface area (Å²) in [7, 11) is 0. The van der Waals surface area contributed by atoms with Crippen LogP contribution in [0.3, 0.4) is 0 Å². The Labute approximate surface area is 180 Å². The quantitative estimate of drug-likeness (QED) is 0.539. The summed E-state index contributed by atoms with van der Waals surface area (Å²) in [6.45, 7) is 2.52. The van der Waals surface area contributed by atoms with Crippen LogP contribution < -0.4 is 9.47 Å². The highest BCUT2D eigenvalue weighted by Crippen LogP contribution is 2.46. The smallest absolute Gasteiger partial charge is 0.308 e. The molecule has 2 aliphatic rings. The van der Waals surface area contributed by atoms with Crippen molar-refractivity contribution in [2.45, 2.75) is 51.9 Å². The van der Waals surface area contributed by atoms with Crippen molar-refractivity contribution >= 4 is 23.5 Å². The number of fused-ring (bicyclic) bond motifs is 2. The molecule has 0 unspecified atom stereocenters. The van der Waals surface area contributed by atoms with Crippen molar-refractivity contribution in [2.24, 2.45) is 5.92 Å². The van der Waals surface area contributed by atoms with Gasteiger partial charge in [-0.25, -0.2) is 0 Å². The van der Waals surface area contributed by atoms with Gasteiger partial charge < -0.3 is 9.47 Å². The first kappa shape index (κ1) is 21.0. The van der Waals surface area contributed by atoms with E-state index < -0.39 is 23.6 Å². The fraction of sp³-hybridized carbons (Fsp3) is 0.360. The Hall–Kier alpha value is -3.28. The molecule has 31 heavy (non-hydrogen) atoms. The molecule has 0 radical (unpaired) electrons. The van der Waals surface area contributed by atoms with Crippen molar-refractivity contribution in [3.8, 4) is 11.5 Å². The first-order valence-electron chi connectivity index (χ1n) is 10.6. The fourth-order valence-corrected chi connectivity index (χ4v) is 4.76. The zero-order chi connectivity index (χ0) is 22.1.